The molecule has 5 rings (SSSR count). The molecule has 0 bridgehead atoms. The summed E-state index contributed by atoms with van der Waals surface area (Å²) in [6.45, 7) is 2.07. The van der Waals surface area contributed by atoms with Crippen LogP contribution in [0.1, 0.15) is 44.6 Å². The van der Waals surface area contributed by atoms with Gasteiger partial charge in [0.15, 0.2) is 5.67 Å². The number of hydrogen-bond acceptors (Lipinski definition) is 8. The van der Waals surface area contributed by atoms with E-state index in [9.17, 15) is 13.6 Å². The molecule has 3 fully saturated rings. The standard InChI is InChI=1S/C28H37ClF2N4O5/c29-26-25(32-17-28(31)10-1-11-38-18-28)14-33-35(27(26)36)22-4-2-20(3-5-22)34(15-24-16-37-12-13-39-24)21-6-8-23(9-7-21)40-19-30/h6-9,14,20,22,24,32H,1-5,10-13,15-19H2/t20?,22?,24-,28-/m0/s1. The summed E-state index contributed by atoms with van der Waals surface area (Å²) in [6, 6.07) is 7.50. The maximum absolute atomic E-state index is 14.9. The zero-order valence-corrected chi connectivity index (χ0v) is 23.3. The third kappa shape index (κ3) is 7.05. The van der Waals surface area contributed by atoms with Gasteiger partial charge in [-0.15, -0.1) is 0 Å². The molecule has 9 nitrogen and oxygen atoms in total. The van der Waals surface area contributed by atoms with Crippen LogP contribution in [0.5, 0.6) is 5.75 Å². The van der Waals surface area contributed by atoms with Crippen LogP contribution in [0, 0.1) is 0 Å². The number of nitrogens with zero attached hydrogens (tertiary/aromatic N) is 3. The Morgan fingerprint density at radius 3 is 2.62 bits per heavy atom. The van der Waals surface area contributed by atoms with Crippen molar-refractivity contribution in [1.29, 1.82) is 0 Å². The summed E-state index contributed by atoms with van der Waals surface area (Å²) in [5.74, 6) is 0.473. The van der Waals surface area contributed by atoms with Gasteiger partial charge < -0.3 is 29.2 Å². The first-order valence-electron chi connectivity index (χ1n) is 14.0. The van der Waals surface area contributed by atoms with E-state index in [0.29, 0.717) is 57.3 Å². The second-order valence-electron chi connectivity index (χ2n) is 10.7. The van der Waals surface area contributed by atoms with Gasteiger partial charge in [0.2, 0.25) is 6.86 Å². The van der Waals surface area contributed by atoms with E-state index in [1.54, 1.807) is 12.1 Å². The molecule has 1 saturated carbocycles. The number of benzene rings is 1. The van der Waals surface area contributed by atoms with Crippen LogP contribution in [0.3, 0.4) is 0 Å². The van der Waals surface area contributed by atoms with E-state index in [-0.39, 0.29) is 41.9 Å². The van der Waals surface area contributed by atoms with Gasteiger partial charge in [0.25, 0.3) is 5.56 Å². The third-order valence-corrected chi connectivity index (χ3v) is 8.31. The summed E-state index contributed by atoms with van der Waals surface area (Å²) in [4.78, 5) is 15.4. The van der Waals surface area contributed by atoms with Crippen LogP contribution in [0.2, 0.25) is 5.02 Å². The van der Waals surface area contributed by atoms with Gasteiger partial charge in [-0.2, -0.15) is 5.10 Å². The zero-order chi connectivity index (χ0) is 28.0. The Balaban J connectivity index is 1.24. The molecule has 1 N–H and O–H groups in total. The topological polar surface area (TPSA) is 87.1 Å². The highest BCUT2D eigenvalue weighted by atomic mass is 35.5. The number of rotatable bonds is 10. The van der Waals surface area contributed by atoms with E-state index < -0.39 is 12.5 Å². The van der Waals surface area contributed by atoms with Gasteiger partial charge in [-0.3, -0.25) is 4.79 Å². The fourth-order valence-electron chi connectivity index (χ4n) is 5.78. The summed E-state index contributed by atoms with van der Waals surface area (Å²) in [7, 11) is 0. The average Bonchev–Trinajstić information content (AvgIpc) is 2.98. The molecule has 3 aliphatic rings. The Morgan fingerprint density at radius 2 is 1.95 bits per heavy atom. The number of nitrogens with one attached hydrogen (secondary N) is 1. The van der Waals surface area contributed by atoms with E-state index in [0.717, 1.165) is 31.4 Å². The largest absolute Gasteiger partial charge is 0.463 e. The molecule has 2 saturated heterocycles. The lowest BCUT2D eigenvalue weighted by Crippen LogP contribution is -2.46. The number of aromatic nitrogens is 2. The molecule has 0 radical (unpaired) electrons. The highest BCUT2D eigenvalue weighted by molar-refractivity contribution is 6.32. The lowest BCUT2D eigenvalue weighted by Gasteiger charge is -2.40. The number of ether oxygens (including phenoxy) is 4. The monoisotopic (exact) mass is 582 g/mol. The second kappa shape index (κ2) is 13.5. The molecular weight excluding hydrogens is 546 g/mol. The predicted octanol–water partition coefficient (Wildman–Crippen LogP) is 4.54. The maximum Gasteiger partial charge on any atom is 0.287 e. The first-order chi connectivity index (χ1) is 19.5. The molecule has 2 aliphatic heterocycles. The Bertz CT molecular complexity index is 1150. The number of alkyl halides is 2. The van der Waals surface area contributed by atoms with Crippen molar-refractivity contribution in [3.05, 3.63) is 45.8 Å². The highest BCUT2D eigenvalue weighted by Gasteiger charge is 2.34. The highest BCUT2D eigenvalue weighted by Crippen LogP contribution is 2.34. The Labute approximate surface area is 237 Å². The quantitative estimate of drug-likeness (QED) is 0.437. The van der Waals surface area contributed by atoms with E-state index in [1.807, 2.05) is 12.1 Å². The molecule has 3 heterocycles. The molecule has 0 unspecified atom stereocenters. The van der Waals surface area contributed by atoms with Crippen molar-refractivity contribution in [1.82, 2.24) is 9.78 Å². The average molecular weight is 583 g/mol. The van der Waals surface area contributed by atoms with Crippen LogP contribution in [0.4, 0.5) is 20.2 Å². The van der Waals surface area contributed by atoms with Crippen molar-refractivity contribution in [3.8, 4) is 5.75 Å². The van der Waals surface area contributed by atoms with Gasteiger partial charge in [-0.1, -0.05) is 11.6 Å². The molecular formula is C28H37ClF2N4O5. The van der Waals surface area contributed by atoms with Gasteiger partial charge in [0.05, 0.1) is 57.0 Å². The SMILES string of the molecule is O=c1c(Cl)c(NC[C@@]2(F)CCCOC2)cnn1C1CCC(N(C[C@H]2COCCO2)c2ccc(OCF)cc2)CC1. The van der Waals surface area contributed by atoms with E-state index in [1.165, 1.54) is 10.9 Å². The molecule has 220 valence electrons. The molecule has 2 aromatic rings. The fraction of sp³-hybridized carbons (Fsp3) is 0.643. The molecule has 1 aromatic heterocycles. The second-order valence-corrected chi connectivity index (χ2v) is 11.1. The summed E-state index contributed by atoms with van der Waals surface area (Å²) in [6.07, 6.45) is 5.66. The van der Waals surface area contributed by atoms with Crippen molar-refractivity contribution in [2.45, 2.75) is 62.4 Å². The Hall–Kier alpha value is -2.47. The fourth-order valence-corrected chi connectivity index (χ4v) is 5.98. The molecule has 1 aromatic carbocycles. The minimum absolute atomic E-state index is 0.00935. The van der Waals surface area contributed by atoms with Gasteiger partial charge in [0, 0.05) is 24.9 Å². The third-order valence-electron chi connectivity index (χ3n) is 7.94. The van der Waals surface area contributed by atoms with E-state index >= 15 is 0 Å². The van der Waals surface area contributed by atoms with Crippen LogP contribution in [0.25, 0.3) is 0 Å². The van der Waals surface area contributed by atoms with Gasteiger partial charge >= 0.3 is 0 Å². The van der Waals surface area contributed by atoms with E-state index in [2.05, 4.69) is 15.3 Å². The van der Waals surface area contributed by atoms with Crippen LogP contribution >= 0.6 is 11.6 Å². The van der Waals surface area contributed by atoms with Crippen molar-refractivity contribution in [2.24, 2.45) is 0 Å². The van der Waals surface area contributed by atoms with Crippen LogP contribution < -0.4 is 20.5 Å². The minimum atomic E-state index is -1.49. The first-order valence-corrected chi connectivity index (χ1v) is 14.4. The maximum atomic E-state index is 14.9. The summed E-state index contributed by atoms with van der Waals surface area (Å²) in [5, 5.41) is 7.39. The van der Waals surface area contributed by atoms with Gasteiger partial charge in [-0.25, -0.2) is 13.5 Å². The van der Waals surface area contributed by atoms with Crippen molar-refractivity contribution >= 4 is 23.0 Å². The molecule has 40 heavy (non-hydrogen) atoms. The molecule has 2 atom stereocenters. The van der Waals surface area contributed by atoms with Crippen LogP contribution in [-0.4, -0.2) is 80.6 Å². The van der Waals surface area contributed by atoms with Crippen LogP contribution in [-0.2, 0) is 14.2 Å². The summed E-state index contributed by atoms with van der Waals surface area (Å²) < 4.78 is 50.8. The molecule has 1 aliphatic carbocycles. The normalized spacial score (nSPS) is 27.2. The predicted molar refractivity (Wildman–Crippen MR) is 148 cm³/mol. The van der Waals surface area contributed by atoms with Crippen molar-refractivity contribution < 1.29 is 27.7 Å². The zero-order valence-electron chi connectivity index (χ0n) is 22.5. The summed E-state index contributed by atoms with van der Waals surface area (Å²) >= 11 is 6.43. The first kappa shape index (κ1) is 29.0. The Morgan fingerprint density at radius 1 is 1.15 bits per heavy atom. The van der Waals surface area contributed by atoms with E-state index in [4.69, 9.17) is 30.5 Å². The Kier molecular flexibility index (Phi) is 9.77. The lowest BCUT2D eigenvalue weighted by atomic mass is 9.89. The number of halogens is 3. The summed E-state index contributed by atoms with van der Waals surface area (Å²) in [5.41, 5.74) is -0.543. The molecule has 0 amide bonds. The number of hydrogen-bond donors (Lipinski definition) is 1. The van der Waals surface area contributed by atoms with Crippen LogP contribution in [0.15, 0.2) is 35.3 Å². The van der Waals surface area contributed by atoms with Crippen molar-refractivity contribution in [2.75, 3.05) is 63.2 Å². The number of anilines is 2. The molecule has 0 spiro atoms. The minimum Gasteiger partial charge on any atom is -0.463 e. The lowest BCUT2D eigenvalue weighted by molar-refractivity contribution is -0.0847. The molecule has 12 heteroatoms. The van der Waals surface area contributed by atoms with Gasteiger partial charge in [-0.05, 0) is 62.8 Å². The van der Waals surface area contributed by atoms with Crippen molar-refractivity contribution in [3.63, 3.8) is 0 Å². The smallest absolute Gasteiger partial charge is 0.287 e. The van der Waals surface area contributed by atoms with Gasteiger partial charge in [0.1, 0.15) is 10.8 Å².